The minimum atomic E-state index is -0.600. The van der Waals surface area contributed by atoms with E-state index in [1.54, 1.807) is 19.2 Å². The number of ketones is 1. The summed E-state index contributed by atoms with van der Waals surface area (Å²) in [5.74, 6) is -1.29. The highest BCUT2D eigenvalue weighted by Crippen LogP contribution is 2.09. The molecule has 0 aliphatic carbocycles. The zero-order chi connectivity index (χ0) is 14.7. The zero-order valence-corrected chi connectivity index (χ0v) is 11.8. The second kappa shape index (κ2) is 5.86. The molecule has 0 unspecified atom stereocenters. The summed E-state index contributed by atoms with van der Waals surface area (Å²) in [5.41, 5.74) is 1.73. The summed E-state index contributed by atoms with van der Waals surface area (Å²) in [7, 11) is 1.59. The Hall–Kier alpha value is -2.17. The monoisotopic (exact) mass is 274 g/mol. The second-order valence-electron chi connectivity index (χ2n) is 4.93. The molecule has 1 heterocycles. The van der Waals surface area contributed by atoms with Gasteiger partial charge in [0, 0.05) is 25.7 Å². The maximum Gasteiger partial charge on any atom is 0.312 e. The van der Waals surface area contributed by atoms with Crippen LogP contribution >= 0.6 is 0 Å². The smallest absolute Gasteiger partial charge is 0.312 e. The number of carbonyl (C=O) groups is 3. The molecule has 1 fully saturated rings. The van der Waals surface area contributed by atoms with Gasteiger partial charge >= 0.3 is 11.8 Å². The molecule has 1 saturated heterocycles. The van der Waals surface area contributed by atoms with Gasteiger partial charge in [0.15, 0.2) is 5.78 Å². The number of nitrogens with zero attached hydrogens (tertiary/aromatic N) is 2. The van der Waals surface area contributed by atoms with Crippen LogP contribution in [-0.2, 0) is 16.0 Å². The molecule has 1 aliphatic rings. The Morgan fingerprint density at radius 1 is 1.10 bits per heavy atom. The minimum absolute atomic E-state index is 0.0378. The van der Waals surface area contributed by atoms with Crippen molar-refractivity contribution in [3.8, 4) is 0 Å². The van der Waals surface area contributed by atoms with E-state index < -0.39 is 11.8 Å². The van der Waals surface area contributed by atoms with Gasteiger partial charge in [-0.15, -0.1) is 0 Å². The van der Waals surface area contributed by atoms with Gasteiger partial charge in [-0.05, 0) is 12.0 Å². The Morgan fingerprint density at radius 2 is 1.75 bits per heavy atom. The number of rotatable bonds is 4. The average molecular weight is 274 g/mol. The van der Waals surface area contributed by atoms with Crippen LogP contribution in [0.3, 0.4) is 0 Å². The second-order valence-corrected chi connectivity index (χ2v) is 4.93. The first-order valence-corrected chi connectivity index (χ1v) is 6.69. The van der Waals surface area contributed by atoms with Gasteiger partial charge < -0.3 is 9.80 Å². The van der Waals surface area contributed by atoms with Crippen molar-refractivity contribution in [1.29, 1.82) is 0 Å². The molecule has 1 aromatic rings. The van der Waals surface area contributed by atoms with Crippen LogP contribution in [0.25, 0.3) is 0 Å². The third-order valence-electron chi connectivity index (χ3n) is 3.54. The number of carbonyl (C=O) groups excluding carboxylic acids is 3. The molecule has 5 heteroatoms. The molecular weight excluding hydrogens is 256 g/mol. The van der Waals surface area contributed by atoms with E-state index >= 15 is 0 Å². The highest BCUT2D eigenvalue weighted by atomic mass is 16.2. The molecule has 20 heavy (non-hydrogen) atoms. The molecule has 1 aromatic carbocycles. The lowest BCUT2D eigenvalue weighted by Crippen LogP contribution is -2.53. The van der Waals surface area contributed by atoms with E-state index in [1.165, 1.54) is 9.80 Å². The maximum absolute atomic E-state index is 12.1. The summed E-state index contributed by atoms with van der Waals surface area (Å²) in [5, 5.41) is 0. The van der Waals surface area contributed by atoms with Crippen LogP contribution < -0.4 is 0 Å². The van der Waals surface area contributed by atoms with E-state index in [9.17, 15) is 14.4 Å². The van der Waals surface area contributed by atoms with Crippen LogP contribution in [0.2, 0.25) is 0 Å². The number of hydrogen-bond acceptors (Lipinski definition) is 3. The molecule has 2 amide bonds. The van der Waals surface area contributed by atoms with Crippen molar-refractivity contribution in [3.63, 3.8) is 0 Å². The SMILES string of the molecule is CCc1ccc(C(=O)CN2CCN(C)C(=O)C2=O)cc1. The van der Waals surface area contributed by atoms with Gasteiger partial charge in [0.05, 0.1) is 6.54 Å². The number of amides is 2. The molecule has 5 nitrogen and oxygen atoms in total. The first kappa shape index (κ1) is 14.2. The largest absolute Gasteiger partial charge is 0.336 e. The van der Waals surface area contributed by atoms with Crippen molar-refractivity contribution in [3.05, 3.63) is 35.4 Å². The molecule has 0 aromatic heterocycles. The molecule has 0 atom stereocenters. The van der Waals surface area contributed by atoms with E-state index in [2.05, 4.69) is 0 Å². The number of piperazine rings is 1. The topological polar surface area (TPSA) is 57.7 Å². The number of Topliss-reactive ketones (excluding diaryl/α,β-unsaturated/α-hetero) is 1. The van der Waals surface area contributed by atoms with Gasteiger partial charge in [0.2, 0.25) is 0 Å². The van der Waals surface area contributed by atoms with Gasteiger partial charge in [-0.25, -0.2) is 0 Å². The quantitative estimate of drug-likeness (QED) is 0.601. The average Bonchev–Trinajstić information content (AvgIpc) is 2.48. The fourth-order valence-electron chi connectivity index (χ4n) is 2.11. The van der Waals surface area contributed by atoms with Gasteiger partial charge in [-0.2, -0.15) is 0 Å². The van der Waals surface area contributed by atoms with Crippen LogP contribution in [0.4, 0.5) is 0 Å². The zero-order valence-electron chi connectivity index (χ0n) is 11.8. The standard InChI is InChI=1S/C15H18N2O3/c1-3-11-4-6-12(7-5-11)13(18)10-17-9-8-16(2)14(19)15(17)20/h4-7H,3,8-10H2,1-2H3. The molecule has 2 rings (SSSR count). The third kappa shape index (κ3) is 2.87. The maximum atomic E-state index is 12.1. The number of aryl methyl sites for hydroxylation is 1. The Morgan fingerprint density at radius 3 is 2.35 bits per heavy atom. The van der Waals surface area contributed by atoms with E-state index in [1.807, 2.05) is 19.1 Å². The van der Waals surface area contributed by atoms with Crippen molar-refractivity contribution in [2.24, 2.45) is 0 Å². The summed E-state index contributed by atoms with van der Waals surface area (Å²) in [6.45, 7) is 2.88. The molecule has 1 aliphatic heterocycles. The highest BCUT2D eigenvalue weighted by Gasteiger charge is 2.31. The van der Waals surface area contributed by atoms with Gasteiger partial charge in [-0.1, -0.05) is 31.2 Å². The summed E-state index contributed by atoms with van der Waals surface area (Å²) in [6, 6.07) is 7.35. The molecule has 0 radical (unpaired) electrons. The number of likely N-dealkylation sites (N-methyl/N-ethyl adjacent to an activating group) is 1. The summed E-state index contributed by atoms with van der Waals surface area (Å²) in [6.07, 6.45) is 0.917. The fourth-order valence-corrected chi connectivity index (χ4v) is 2.11. The Labute approximate surface area is 118 Å². The molecule has 0 spiro atoms. The predicted molar refractivity (Wildman–Crippen MR) is 74.4 cm³/mol. The minimum Gasteiger partial charge on any atom is -0.336 e. The third-order valence-corrected chi connectivity index (χ3v) is 3.54. The van der Waals surface area contributed by atoms with Gasteiger partial charge in [0.1, 0.15) is 0 Å². The van der Waals surface area contributed by atoms with Crippen molar-refractivity contribution in [1.82, 2.24) is 9.80 Å². The highest BCUT2D eigenvalue weighted by molar-refractivity contribution is 6.35. The molecule has 0 bridgehead atoms. The van der Waals surface area contributed by atoms with Crippen molar-refractivity contribution in [2.45, 2.75) is 13.3 Å². The van der Waals surface area contributed by atoms with E-state index in [-0.39, 0.29) is 12.3 Å². The first-order chi connectivity index (χ1) is 9.52. The lowest BCUT2D eigenvalue weighted by Gasteiger charge is -2.30. The number of hydrogen-bond donors (Lipinski definition) is 0. The van der Waals surface area contributed by atoms with E-state index in [0.717, 1.165) is 12.0 Å². The van der Waals surface area contributed by atoms with Gasteiger partial charge in [-0.3, -0.25) is 14.4 Å². The number of benzene rings is 1. The fraction of sp³-hybridized carbons (Fsp3) is 0.400. The summed E-state index contributed by atoms with van der Waals surface area (Å²) >= 11 is 0. The van der Waals surface area contributed by atoms with Crippen LogP contribution in [0, 0.1) is 0 Å². The first-order valence-electron chi connectivity index (χ1n) is 6.69. The van der Waals surface area contributed by atoms with Gasteiger partial charge in [0.25, 0.3) is 0 Å². The Bertz CT molecular complexity index is 537. The van der Waals surface area contributed by atoms with Crippen LogP contribution in [0.5, 0.6) is 0 Å². The van der Waals surface area contributed by atoms with Crippen LogP contribution in [-0.4, -0.2) is 54.1 Å². The van der Waals surface area contributed by atoms with Crippen LogP contribution in [0.1, 0.15) is 22.8 Å². The van der Waals surface area contributed by atoms with E-state index in [4.69, 9.17) is 0 Å². The molecule has 106 valence electrons. The Balaban J connectivity index is 2.03. The lowest BCUT2D eigenvalue weighted by molar-refractivity contribution is -0.154. The molecule has 0 N–H and O–H groups in total. The van der Waals surface area contributed by atoms with Crippen LogP contribution in [0.15, 0.2) is 24.3 Å². The molecular formula is C15H18N2O3. The Kier molecular flexibility index (Phi) is 4.17. The predicted octanol–water partition coefficient (Wildman–Crippen LogP) is 0.732. The van der Waals surface area contributed by atoms with Crippen molar-refractivity contribution < 1.29 is 14.4 Å². The van der Waals surface area contributed by atoms with E-state index in [0.29, 0.717) is 18.7 Å². The summed E-state index contributed by atoms with van der Waals surface area (Å²) in [4.78, 5) is 38.2. The normalized spacial score (nSPS) is 15.7. The van der Waals surface area contributed by atoms with Crippen molar-refractivity contribution >= 4 is 17.6 Å². The summed E-state index contributed by atoms with van der Waals surface area (Å²) < 4.78 is 0. The lowest BCUT2D eigenvalue weighted by atomic mass is 10.1. The van der Waals surface area contributed by atoms with Crippen molar-refractivity contribution in [2.75, 3.05) is 26.7 Å². The molecule has 0 saturated carbocycles.